The summed E-state index contributed by atoms with van der Waals surface area (Å²) >= 11 is 0. The molecule has 0 bridgehead atoms. The molecule has 0 aliphatic rings. The van der Waals surface area contributed by atoms with Crippen LogP contribution in [0.1, 0.15) is 12.5 Å². The Balaban J connectivity index is 1.87. The summed E-state index contributed by atoms with van der Waals surface area (Å²) in [7, 11) is -3.54. The number of benzene rings is 2. The lowest BCUT2D eigenvalue weighted by Gasteiger charge is -2.10. The summed E-state index contributed by atoms with van der Waals surface area (Å²) in [5.74, 6) is 1.40. The molecule has 0 spiro atoms. The smallest absolute Gasteiger partial charge is 0.240 e. The molecule has 2 rings (SSSR count). The van der Waals surface area contributed by atoms with Gasteiger partial charge in [-0.1, -0.05) is 18.2 Å². The van der Waals surface area contributed by atoms with Gasteiger partial charge in [0.1, 0.15) is 18.1 Å². The van der Waals surface area contributed by atoms with Crippen molar-refractivity contribution in [3.8, 4) is 11.5 Å². The van der Waals surface area contributed by atoms with E-state index >= 15 is 0 Å². The van der Waals surface area contributed by atoms with E-state index in [0.717, 1.165) is 11.3 Å². The Kier molecular flexibility index (Phi) is 6.01. The van der Waals surface area contributed by atoms with Crippen molar-refractivity contribution in [3.05, 3.63) is 54.1 Å². The summed E-state index contributed by atoms with van der Waals surface area (Å²) in [6.07, 6.45) is 0. The quantitative estimate of drug-likeness (QED) is 0.754. The van der Waals surface area contributed by atoms with Crippen LogP contribution in [-0.4, -0.2) is 28.2 Å². The van der Waals surface area contributed by atoms with Gasteiger partial charge in [0, 0.05) is 6.54 Å². The molecule has 0 fully saturated rings. The number of aryl methyl sites for hydroxylation is 1. The van der Waals surface area contributed by atoms with E-state index in [1.807, 2.05) is 38.1 Å². The van der Waals surface area contributed by atoms with Crippen LogP contribution in [0.15, 0.2) is 53.4 Å². The maximum atomic E-state index is 12.2. The average molecular weight is 335 g/mol. The fourth-order valence-electron chi connectivity index (χ4n) is 2.02. The first-order chi connectivity index (χ1) is 11.0. The Morgan fingerprint density at radius 2 is 1.70 bits per heavy atom. The number of sulfonamides is 1. The zero-order valence-corrected chi connectivity index (χ0v) is 14.1. The Hall–Kier alpha value is -2.05. The maximum Gasteiger partial charge on any atom is 0.240 e. The second kappa shape index (κ2) is 7.99. The Morgan fingerprint density at radius 3 is 2.35 bits per heavy atom. The highest BCUT2D eigenvalue weighted by Gasteiger charge is 2.13. The minimum Gasteiger partial charge on any atom is -0.494 e. The van der Waals surface area contributed by atoms with Crippen LogP contribution >= 0.6 is 0 Å². The van der Waals surface area contributed by atoms with Crippen LogP contribution in [0.25, 0.3) is 0 Å². The van der Waals surface area contributed by atoms with Gasteiger partial charge in [0.2, 0.25) is 10.0 Å². The number of hydrogen-bond donors (Lipinski definition) is 1. The third-order valence-corrected chi connectivity index (χ3v) is 4.67. The van der Waals surface area contributed by atoms with E-state index in [1.54, 1.807) is 12.1 Å². The van der Waals surface area contributed by atoms with Crippen molar-refractivity contribution in [2.45, 2.75) is 18.7 Å². The van der Waals surface area contributed by atoms with Gasteiger partial charge in [-0.25, -0.2) is 13.1 Å². The van der Waals surface area contributed by atoms with E-state index in [0.29, 0.717) is 12.4 Å². The highest BCUT2D eigenvalue weighted by molar-refractivity contribution is 7.89. The molecule has 0 saturated carbocycles. The fourth-order valence-corrected chi connectivity index (χ4v) is 3.03. The van der Waals surface area contributed by atoms with Gasteiger partial charge in [-0.15, -0.1) is 0 Å². The zero-order chi connectivity index (χ0) is 16.7. The van der Waals surface area contributed by atoms with Crippen molar-refractivity contribution in [2.75, 3.05) is 19.8 Å². The molecule has 5 nitrogen and oxygen atoms in total. The minimum absolute atomic E-state index is 0.198. The molecule has 0 aromatic heterocycles. The van der Waals surface area contributed by atoms with Crippen molar-refractivity contribution >= 4 is 10.0 Å². The van der Waals surface area contributed by atoms with Crippen molar-refractivity contribution in [2.24, 2.45) is 0 Å². The van der Waals surface area contributed by atoms with Crippen LogP contribution in [0.4, 0.5) is 0 Å². The van der Waals surface area contributed by atoms with Gasteiger partial charge in [-0.2, -0.15) is 0 Å². The highest BCUT2D eigenvalue weighted by atomic mass is 32.2. The lowest BCUT2D eigenvalue weighted by atomic mass is 10.2. The number of para-hydroxylation sites is 1. The van der Waals surface area contributed by atoms with E-state index in [2.05, 4.69) is 4.72 Å². The van der Waals surface area contributed by atoms with Crippen LogP contribution in [0.5, 0.6) is 11.5 Å². The monoisotopic (exact) mass is 335 g/mol. The molecule has 0 saturated heterocycles. The number of ether oxygens (including phenoxy) is 2. The normalized spacial score (nSPS) is 11.2. The summed E-state index contributed by atoms with van der Waals surface area (Å²) in [5, 5.41) is 0. The molecule has 0 aliphatic heterocycles. The highest BCUT2D eigenvalue weighted by Crippen LogP contribution is 2.17. The molecular weight excluding hydrogens is 314 g/mol. The topological polar surface area (TPSA) is 64.6 Å². The lowest BCUT2D eigenvalue weighted by Crippen LogP contribution is -2.28. The molecule has 2 aromatic carbocycles. The van der Waals surface area contributed by atoms with E-state index in [-0.39, 0.29) is 18.0 Å². The van der Waals surface area contributed by atoms with Gasteiger partial charge in [-0.3, -0.25) is 0 Å². The standard InChI is InChI=1S/C17H21NO4S/c1-3-21-15-8-10-16(11-9-15)23(19,20)18-12-13-22-17-7-5-4-6-14(17)2/h4-11,18H,3,12-13H2,1-2H3. The Bertz CT molecular complexity index is 727. The molecule has 0 unspecified atom stereocenters. The average Bonchev–Trinajstić information content (AvgIpc) is 2.54. The summed E-state index contributed by atoms with van der Waals surface area (Å²) in [6.45, 7) is 4.83. The third-order valence-electron chi connectivity index (χ3n) is 3.19. The first-order valence-corrected chi connectivity index (χ1v) is 8.92. The predicted molar refractivity (Wildman–Crippen MR) is 89.5 cm³/mol. The van der Waals surface area contributed by atoms with E-state index < -0.39 is 10.0 Å². The summed E-state index contributed by atoms with van der Waals surface area (Å²) < 4.78 is 37.7. The summed E-state index contributed by atoms with van der Waals surface area (Å²) in [6, 6.07) is 13.9. The second-order valence-electron chi connectivity index (χ2n) is 4.92. The predicted octanol–water partition coefficient (Wildman–Crippen LogP) is 2.75. The van der Waals surface area contributed by atoms with Gasteiger partial charge in [0.25, 0.3) is 0 Å². The molecule has 0 heterocycles. The van der Waals surface area contributed by atoms with Crippen molar-refractivity contribution in [3.63, 3.8) is 0 Å². The lowest BCUT2D eigenvalue weighted by molar-refractivity contribution is 0.320. The molecule has 1 N–H and O–H groups in total. The first-order valence-electron chi connectivity index (χ1n) is 7.44. The van der Waals surface area contributed by atoms with Crippen molar-refractivity contribution in [1.29, 1.82) is 0 Å². The summed E-state index contributed by atoms with van der Waals surface area (Å²) in [4.78, 5) is 0.205. The minimum atomic E-state index is -3.54. The largest absolute Gasteiger partial charge is 0.494 e. The molecule has 0 amide bonds. The first kappa shape index (κ1) is 17.3. The third kappa shape index (κ3) is 4.97. The van der Waals surface area contributed by atoms with Gasteiger partial charge in [-0.05, 0) is 49.7 Å². The van der Waals surface area contributed by atoms with Crippen LogP contribution in [0, 0.1) is 6.92 Å². The van der Waals surface area contributed by atoms with Gasteiger partial charge in [0.15, 0.2) is 0 Å². The molecule has 0 radical (unpaired) electrons. The Labute approximate surface area is 137 Å². The van der Waals surface area contributed by atoms with E-state index in [9.17, 15) is 8.42 Å². The molecule has 0 atom stereocenters. The molecule has 124 valence electrons. The molecule has 23 heavy (non-hydrogen) atoms. The van der Waals surface area contributed by atoms with Gasteiger partial charge >= 0.3 is 0 Å². The van der Waals surface area contributed by atoms with Gasteiger partial charge < -0.3 is 9.47 Å². The van der Waals surface area contributed by atoms with Crippen LogP contribution in [0.2, 0.25) is 0 Å². The number of nitrogens with one attached hydrogen (secondary N) is 1. The maximum absolute atomic E-state index is 12.2. The SMILES string of the molecule is CCOc1ccc(S(=O)(=O)NCCOc2ccccc2C)cc1. The van der Waals surface area contributed by atoms with E-state index in [4.69, 9.17) is 9.47 Å². The Morgan fingerprint density at radius 1 is 1.00 bits per heavy atom. The zero-order valence-electron chi connectivity index (χ0n) is 13.3. The van der Waals surface area contributed by atoms with Gasteiger partial charge in [0.05, 0.1) is 11.5 Å². The van der Waals surface area contributed by atoms with Crippen molar-refractivity contribution in [1.82, 2.24) is 4.72 Å². The molecular formula is C17H21NO4S. The van der Waals surface area contributed by atoms with Crippen LogP contribution in [-0.2, 0) is 10.0 Å². The molecule has 6 heteroatoms. The second-order valence-corrected chi connectivity index (χ2v) is 6.68. The fraction of sp³-hybridized carbons (Fsp3) is 0.294. The van der Waals surface area contributed by atoms with Crippen LogP contribution < -0.4 is 14.2 Å². The molecule has 0 aliphatic carbocycles. The van der Waals surface area contributed by atoms with Crippen molar-refractivity contribution < 1.29 is 17.9 Å². The molecule has 2 aromatic rings. The summed E-state index contributed by atoms with van der Waals surface area (Å²) in [5.41, 5.74) is 1.02. The number of rotatable bonds is 8. The number of hydrogen-bond acceptors (Lipinski definition) is 4. The van der Waals surface area contributed by atoms with E-state index in [1.165, 1.54) is 12.1 Å². The van der Waals surface area contributed by atoms with Crippen LogP contribution in [0.3, 0.4) is 0 Å².